The number of nitrogens with one attached hydrogen (secondary N) is 2. The largest absolute Gasteiger partial charge is 0.342 e. The summed E-state index contributed by atoms with van der Waals surface area (Å²) in [6.07, 6.45) is 3.09. The number of H-pyrrole nitrogens is 1. The number of carbonyl (C=O) groups is 1. The van der Waals surface area contributed by atoms with Crippen molar-refractivity contribution in [2.75, 3.05) is 23.3 Å². The molecular formula is C22H25N5O2. The van der Waals surface area contributed by atoms with E-state index in [9.17, 15) is 14.9 Å². The van der Waals surface area contributed by atoms with E-state index in [4.69, 9.17) is 0 Å². The van der Waals surface area contributed by atoms with Gasteiger partial charge in [0.15, 0.2) is 0 Å². The maximum absolute atomic E-state index is 13.1. The van der Waals surface area contributed by atoms with Gasteiger partial charge in [-0.3, -0.25) is 14.6 Å². The molecule has 7 nitrogen and oxygen atoms in total. The van der Waals surface area contributed by atoms with Gasteiger partial charge in [-0.25, -0.2) is 0 Å². The molecule has 0 spiro atoms. The van der Waals surface area contributed by atoms with Gasteiger partial charge in [0.1, 0.15) is 11.7 Å². The van der Waals surface area contributed by atoms with Crippen LogP contribution < -0.4 is 15.8 Å². The average Bonchev–Trinajstić information content (AvgIpc) is 2.72. The standard InChI is InChI=1S/C22H25N5O2/c1-3-14-6-8-15(9-7-14)17-16(11-23)20(28)24-19-18(17)21(29)26-22(25-19)27-10-4-5-13(2)12-27/h6-9,13,16-17H,3-5,10,12H2,1-2H3,(H2,24,25,26,28,29). The summed E-state index contributed by atoms with van der Waals surface area (Å²) in [6, 6.07) is 9.82. The lowest BCUT2D eigenvalue weighted by Gasteiger charge is -2.33. The van der Waals surface area contributed by atoms with E-state index in [1.54, 1.807) is 0 Å². The monoisotopic (exact) mass is 391 g/mol. The quantitative estimate of drug-likeness (QED) is 0.838. The molecule has 1 aromatic heterocycles. The van der Waals surface area contributed by atoms with E-state index in [-0.39, 0.29) is 11.4 Å². The highest BCUT2D eigenvalue weighted by atomic mass is 16.2. The minimum Gasteiger partial charge on any atom is -0.342 e. The van der Waals surface area contributed by atoms with Crippen LogP contribution in [-0.2, 0) is 11.2 Å². The molecule has 1 fully saturated rings. The van der Waals surface area contributed by atoms with Gasteiger partial charge in [0, 0.05) is 19.0 Å². The highest BCUT2D eigenvalue weighted by Gasteiger charge is 2.40. The molecule has 3 atom stereocenters. The summed E-state index contributed by atoms with van der Waals surface area (Å²) in [5, 5.41) is 12.3. The average molecular weight is 391 g/mol. The van der Waals surface area contributed by atoms with Gasteiger partial charge >= 0.3 is 0 Å². The number of hydrogen-bond acceptors (Lipinski definition) is 5. The van der Waals surface area contributed by atoms with Crippen LogP contribution in [0.4, 0.5) is 11.8 Å². The van der Waals surface area contributed by atoms with E-state index < -0.39 is 17.7 Å². The SMILES string of the molecule is CCc1ccc(C2c3c(nc(N4CCCC(C)C4)[nH]c3=O)NC(=O)C2C#N)cc1. The van der Waals surface area contributed by atoms with Crippen LogP contribution in [0.3, 0.4) is 0 Å². The second-order valence-electron chi connectivity index (χ2n) is 8.01. The van der Waals surface area contributed by atoms with Crippen LogP contribution >= 0.6 is 0 Å². The van der Waals surface area contributed by atoms with Crippen LogP contribution in [-0.4, -0.2) is 29.0 Å². The number of aryl methyl sites for hydroxylation is 1. The topological polar surface area (TPSA) is 102 Å². The lowest BCUT2D eigenvalue weighted by molar-refractivity contribution is -0.119. The fourth-order valence-corrected chi connectivity index (χ4v) is 4.35. The molecule has 1 amide bonds. The van der Waals surface area contributed by atoms with Gasteiger partial charge < -0.3 is 10.2 Å². The van der Waals surface area contributed by atoms with Crippen LogP contribution in [0.1, 0.15) is 49.3 Å². The Kier molecular flexibility index (Phi) is 5.10. The van der Waals surface area contributed by atoms with Gasteiger partial charge in [-0.15, -0.1) is 0 Å². The van der Waals surface area contributed by atoms with Crippen LogP contribution in [0.2, 0.25) is 0 Å². The fraction of sp³-hybridized carbons (Fsp3) is 0.455. The van der Waals surface area contributed by atoms with Crippen molar-refractivity contribution in [2.45, 2.75) is 39.0 Å². The number of nitriles is 1. The Hall–Kier alpha value is -3.14. The summed E-state index contributed by atoms with van der Waals surface area (Å²) in [6.45, 7) is 5.88. The predicted molar refractivity (Wildman–Crippen MR) is 111 cm³/mol. The third-order valence-corrected chi connectivity index (χ3v) is 5.95. The molecule has 2 N–H and O–H groups in total. The van der Waals surface area contributed by atoms with Gasteiger partial charge in [-0.2, -0.15) is 10.2 Å². The molecule has 29 heavy (non-hydrogen) atoms. The lowest BCUT2D eigenvalue weighted by Crippen LogP contribution is -2.41. The number of nitrogens with zero attached hydrogens (tertiary/aromatic N) is 3. The van der Waals surface area contributed by atoms with Gasteiger partial charge in [-0.05, 0) is 36.3 Å². The van der Waals surface area contributed by atoms with Crippen molar-refractivity contribution in [2.24, 2.45) is 11.8 Å². The van der Waals surface area contributed by atoms with Crippen molar-refractivity contribution in [1.82, 2.24) is 9.97 Å². The molecule has 0 saturated carbocycles. The minimum atomic E-state index is -0.973. The Labute approximate surface area is 169 Å². The third-order valence-electron chi connectivity index (χ3n) is 5.95. The molecule has 7 heteroatoms. The number of amides is 1. The molecule has 0 radical (unpaired) electrons. The van der Waals surface area contributed by atoms with Crippen molar-refractivity contribution in [3.63, 3.8) is 0 Å². The number of hydrogen-bond donors (Lipinski definition) is 2. The molecule has 2 aliphatic rings. The molecule has 0 bridgehead atoms. The predicted octanol–water partition coefficient (Wildman–Crippen LogP) is 2.79. The Morgan fingerprint density at radius 3 is 2.69 bits per heavy atom. The highest BCUT2D eigenvalue weighted by Crippen LogP contribution is 2.38. The van der Waals surface area contributed by atoms with E-state index in [0.717, 1.165) is 43.5 Å². The zero-order valence-corrected chi connectivity index (χ0v) is 16.7. The first-order chi connectivity index (χ1) is 14.0. The minimum absolute atomic E-state index is 0.267. The summed E-state index contributed by atoms with van der Waals surface area (Å²) in [7, 11) is 0. The first-order valence-corrected chi connectivity index (χ1v) is 10.2. The molecule has 2 aromatic rings. The van der Waals surface area contributed by atoms with E-state index in [1.807, 2.05) is 24.3 Å². The summed E-state index contributed by atoms with van der Waals surface area (Å²) in [5.74, 6) is -0.758. The number of anilines is 2. The summed E-state index contributed by atoms with van der Waals surface area (Å²) in [4.78, 5) is 35.3. The van der Waals surface area contributed by atoms with Gasteiger partial charge in [-0.1, -0.05) is 38.1 Å². The number of fused-ring (bicyclic) bond motifs is 1. The van der Waals surface area contributed by atoms with Crippen LogP contribution in [0.25, 0.3) is 0 Å². The second kappa shape index (κ2) is 7.70. The highest BCUT2D eigenvalue weighted by molar-refractivity contribution is 5.97. The van der Waals surface area contributed by atoms with Crippen molar-refractivity contribution in [3.05, 3.63) is 51.3 Å². The zero-order valence-electron chi connectivity index (χ0n) is 16.7. The summed E-state index contributed by atoms with van der Waals surface area (Å²) < 4.78 is 0. The lowest BCUT2D eigenvalue weighted by atomic mass is 9.79. The normalized spacial score (nSPS) is 23.8. The Bertz CT molecular complexity index is 1020. The zero-order chi connectivity index (χ0) is 20.5. The van der Waals surface area contributed by atoms with Crippen LogP contribution in [0, 0.1) is 23.2 Å². The molecular weight excluding hydrogens is 366 g/mol. The maximum atomic E-state index is 13.1. The summed E-state index contributed by atoms with van der Waals surface area (Å²) >= 11 is 0. The number of aromatic amines is 1. The van der Waals surface area contributed by atoms with Gasteiger partial charge in [0.2, 0.25) is 11.9 Å². The fourth-order valence-electron chi connectivity index (χ4n) is 4.35. The van der Waals surface area contributed by atoms with Gasteiger partial charge in [0.25, 0.3) is 5.56 Å². The van der Waals surface area contributed by atoms with Crippen LogP contribution in [0.5, 0.6) is 0 Å². The van der Waals surface area contributed by atoms with E-state index in [2.05, 4.69) is 40.1 Å². The second-order valence-corrected chi connectivity index (χ2v) is 8.01. The number of carbonyl (C=O) groups excluding carboxylic acids is 1. The Balaban J connectivity index is 1.80. The molecule has 1 aromatic carbocycles. The smallest absolute Gasteiger partial charge is 0.258 e. The molecule has 3 unspecified atom stereocenters. The van der Waals surface area contributed by atoms with E-state index in [1.165, 1.54) is 0 Å². The first-order valence-electron chi connectivity index (χ1n) is 10.2. The third kappa shape index (κ3) is 3.51. The van der Waals surface area contributed by atoms with E-state index in [0.29, 0.717) is 17.4 Å². The number of benzene rings is 1. The van der Waals surface area contributed by atoms with Crippen molar-refractivity contribution in [3.8, 4) is 6.07 Å². The molecule has 0 aliphatic carbocycles. The molecule has 1 saturated heterocycles. The molecule has 2 aliphatic heterocycles. The number of rotatable bonds is 3. The maximum Gasteiger partial charge on any atom is 0.258 e. The molecule has 3 heterocycles. The van der Waals surface area contributed by atoms with E-state index >= 15 is 0 Å². The first kappa shape index (κ1) is 19.2. The summed E-state index contributed by atoms with van der Waals surface area (Å²) in [5.41, 5.74) is 1.99. The van der Waals surface area contributed by atoms with Crippen molar-refractivity contribution >= 4 is 17.7 Å². The van der Waals surface area contributed by atoms with Crippen LogP contribution in [0.15, 0.2) is 29.1 Å². The number of piperidine rings is 1. The number of aromatic nitrogens is 2. The van der Waals surface area contributed by atoms with Crippen molar-refractivity contribution in [1.29, 1.82) is 5.26 Å². The molecule has 150 valence electrons. The van der Waals surface area contributed by atoms with Gasteiger partial charge in [0.05, 0.1) is 11.6 Å². The van der Waals surface area contributed by atoms with Crippen molar-refractivity contribution < 1.29 is 4.79 Å². The molecule has 4 rings (SSSR count). The Morgan fingerprint density at radius 1 is 1.28 bits per heavy atom. The Morgan fingerprint density at radius 2 is 2.03 bits per heavy atom.